The van der Waals surface area contributed by atoms with Crippen LogP contribution in [-0.2, 0) is 42.2 Å². The van der Waals surface area contributed by atoms with Crippen molar-refractivity contribution in [1.82, 2.24) is 0 Å². The Balaban J connectivity index is 4.65. The highest BCUT2D eigenvalue weighted by Crippen LogP contribution is 2.43. The highest BCUT2D eigenvalue weighted by atomic mass is 31.2. The number of allylic oxidation sites excluding steroid dienone is 2. The largest absolute Gasteiger partial charge is 0.472 e. The molecule has 0 bridgehead atoms. The number of esters is 3. The molecule has 0 aliphatic heterocycles. The lowest BCUT2D eigenvalue weighted by Crippen LogP contribution is -2.30. The summed E-state index contributed by atoms with van der Waals surface area (Å²) in [5.74, 6) is -1.44. The number of phosphoric acid groups is 1. The third kappa shape index (κ3) is 55.0. The maximum absolute atomic E-state index is 12.9. The van der Waals surface area contributed by atoms with E-state index in [-0.39, 0.29) is 25.9 Å². The second-order valence-corrected chi connectivity index (χ2v) is 23.0. The van der Waals surface area contributed by atoms with Gasteiger partial charge in [0, 0.05) is 19.3 Å². The van der Waals surface area contributed by atoms with Gasteiger partial charge >= 0.3 is 25.7 Å². The van der Waals surface area contributed by atoms with E-state index in [1.165, 1.54) is 193 Å². The van der Waals surface area contributed by atoms with Gasteiger partial charge in [-0.1, -0.05) is 277 Å². The highest BCUT2D eigenvalue weighted by Gasteiger charge is 2.28. The van der Waals surface area contributed by atoms with Gasteiger partial charge in [0.1, 0.15) is 12.7 Å². The van der Waals surface area contributed by atoms with Gasteiger partial charge in [0.05, 0.1) is 19.8 Å². The average molecular weight is 1070 g/mol. The number of hydrogen-bond acceptors (Lipinski definition) is 10. The Kier molecular flexibility index (Phi) is 56.0. The topological polar surface area (TPSA) is 155 Å². The second kappa shape index (κ2) is 57.4. The van der Waals surface area contributed by atoms with Crippen LogP contribution in [-0.4, -0.2) is 66.5 Å². The van der Waals surface area contributed by atoms with E-state index < -0.39 is 57.8 Å². The maximum atomic E-state index is 12.9. The van der Waals surface area contributed by atoms with Gasteiger partial charge in [-0.3, -0.25) is 23.4 Å². The zero-order valence-electron chi connectivity index (χ0n) is 48.6. The molecule has 0 aromatic rings. The van der Waals surface area contributed by atoms with Crippen LogP contribution in [0.3, 0.4) is 0 Å². The number of carbonyl (C=O) groups excluding carboxylic acids is 3. The van der Waals surface area contributed by atoms with Crippen molar-refractivity contribution in [3.05, 3.63) is 12.2 Å². The highest BCUT2D eigenvalue weighted by molar-refractivity contribution is 7.47. The zero-order valence-corrected chi connectivity index (χ0v) is 49.5. The Hall–Kier alpha value is -1.78. The van der Waals surface area contributed by atoms with Crippen LogP contribution in [0, 0.1) is 0 Å². The van der Waals surface area contributed by atoms with Gasteiger partial charge in [0.25, 0.3) is 0 Å². The van der Waals surface area contributed by atoms with Crippen molar-refractivity contribution in [2.75, 3.05) is 26.4 Å². The van der Waals surface area contributed by atoms with E-state index in [1.807, 2.05) is 0 Å². The molecule has 0 rings (SSSR count). The number of carbonyl (C=O) groups is 3. The minimum Gasteiger partial charge on any atom is -0.462 e. The summed E-state index contributed by atoms with van der Waals surface area (Å²) in [4.78, 5) is 48.6. The third-order valence-corrected chi connectivity index (χ3v) is 15.1. The molecule has 0 radical (unpaired) electrons. The Morgan fingerprint density at radius 1 is 0.365 bits per heavy atom. The fourth-order valence-electron chi connectivity index (χ4n) is 9.35. The smallest absolute Gasteiger partial charge is 0.462 e. The van der Waals surface area contributed by atoms with Crippen molar-refractivity contribution in [3.63, 3.8) is 0 Å². The van der Waals surface area contributed by atoms with Gasteiger partial charge in [0.2, 0.25) is 0 Å². The van der Waals surface area contributed by atoms with Gasteiger partial charge in [0.15, 0.2) is 6.10 Å². The van der Waals surface area contributed by atoms with Gasteiger partial charge < -0.3 is 24.2 Å². The summed E-state index contributed by atoms with van der Waals surface area (Å²) in [6, 6.07) is 0. The van der Waals surface area contributed by atoms with Crippen LogP contribution in [0.1, 0.15) is 329 Å². The van der Waals surface area contributed by atoms with Crippen LogP contribution in [0.5, 0.6) is 0 Å². The quantitative estimate of drug-likeness (QED) is 0.0197. The first kappa shape index (κ1) is 72.2. The summed E-state index contributed by atoms with van der Waals surface area (Å²) in [6.07, 6.45) is 57.3. The summed E-state index contributed by atoms with van der Waals surface area (Å²) in [5, 5.41) is 9.82. The fraction of sp³-hybridized carbons (Fsp3) is 0.919. The molecule has 0 saturated carbocycles. The molecule has 0 aliphatic carbocycles. The van der Waals surface area contributed by atoms with Gasteiger partial charge in [-0.2, -0.15) is 0 Å². The molecule has 0 aromatic heterocycles. The lowest BCUT2D eigenvalue weighted by Gasteiger charge is -2.21. The predicted octanol–water partition coefficient (Wildman–Crippen LogP) is 18.8. The van der Waals surface area contributed by atoms with E-state index in [0.29, 0.717) is 19.3 Å². The van der Waals surface area contributed by atoms with Gasteiger partial charge in [-0.15, -0.1) is 0 Å². The number of hydrogen-bond donors (Lipinski definition) is 2. The molecule has 0 saturated heterocycles. The monoisotopic (exact) mass is 1070 g/mol. The lowest BCUT2D eigenvalue weighted by atomic mass is 10.0. The predicted molar refractivity (Wildman–Crippen MR) is 307 cm³/mol. The minimum atomic E-state index is -4.74. The van der Waals surface area contributed by atoms with Crippen molar-refractivity contribution >= 4 is 25.7 Å². The average Bonchev–Trinajstić information content (AvgIpc) is 3.39. The first-order chi connectivity index (χ1) is 36.2. The van der Waals surface area contributed by atoms with Crippen molar-refractivity contribution in [3.8, 4) is 0 Å². The summed E-state index contributed by atoms with van der Waals surface area (Å²) in [6.45, 7) is 4.71. The molecule has 0 spiro atoms. The molecule has 3 atom stereocenters. The van der Waals surface area contributed by atoms with Crippen molar-refractivity contribution < 1.29 is 52.2 Å². The molecule has 11 nitrogen and oxygen atoms in total. The van der Waals surface area contributed by atoms with Crippen molar-refractivity contribution in [1.29, 1.82) is 0 Å². The fourth-order valence-corrected chi connectivity index (χ4v) is 10.1. The molecule has 12 heteroatoms. The summed E-state index contributed by atoms with van der Waals surface area (Å²) in [5.41, 5.74) is 0. The Labute approximate surface area is 456 Å². The Morgan fingerprint density at radius 2 is 0.622 bits per heavy atom. The van der Waals surface area contributed by atoms with Crippen LogP contribution in [0.2, 0.25) is 0 Å². The lowest BCUT2D eigenvalue weighted by molar-refractivity contribution is -0.161. The molecule has 0 fully saturated rings. The first-order valence-electron chi connectivity index (χ1n) is 31.6. The third-order valence-electron chi connectivity index (χ3n) is 14.2. The number of unbranched alkanes of at least 4 members (excludes halogenated alkanes) is 41. The van der Waals surface area contributed by atoms with Crippen LogP contribution in [0.4, 0.5) is 0 Å². The molecule has 0 aliphatic rings. The molecule has 74 heavy (non-hydrogen) atoms. The minimum absolute atomic E-state index is 0.175. The Morgan fingerprint density at radius 3 is 0.932 bits per heavy atom. The van der Waals surface area contributed by atoms with E-state index >= 15 is 0 Å². The standard InChI is InChI=1S/C62H119O11P/c1-4-7-10-13-16-19-22-25-27-28-29-30-32-35-38-41-44-47-50-53-62(66)73-59(55-69-60(64)51-48-45-42-39-36-34-31-26-23-20-17-14-11-8-5-2)57-71-74(67,68)70-56-58(54-63)72-61(65)52-49-46-43-40-37-33-24-21-18-15-12-9-6-3/h26,31,58-59,63H,4-25,27-30,32-57H2,1-3H3,(H,67,68)/b31-26-. The number of ether oxygens (including phenoxy) is 3. The van der Waals surface area contributed by atoms with Crippen molar-refractivity contribution in [2.24, 2.45) is 0 Å². The first-order valence-corrected chi connectivity index (χ1v) is 33.1. The zero-order chi connectivity index (χ0) is 54.1. The van der Waals surface area contributed by atoms with Crippen LogP contribution >= 0.6 is 7.82 Å². The van der Waals surface area contributed by atoms with Gasteiger partial charge in [-0.05, 0) is 44.9 Å². The summed E-state index contributed by atoms with van der Waals surface area (Å²) in [7, 11) is -4.74. The molecule has 2 N–H and O–H groups in total. The molecular formula is C62H119O11P. The number of rotatable bonds is 60. The molecule has 3 unspecified atom stereocenters. The van der Waals surface area contributed by atoms with E-state index in [2.05, 4.69) is 32.9 Å². The molecule has 0 aromatic carbocycles. The maximum Gasteiger partial charge on any atom is 0.472 e. The van der Waals surface area contributed by atoms with Crippen LogP contribution in [0.25, 0.3) is 0 Å². The SMILES string of the molecule is CCCCCCCC/C=C\CCCCCCCC(=O)OCC(COP(=O)(O)OCC(CO)OC(=O)CCCCCCCCCCCCCCC)OC(=O)CCCCCCCCCCCCCCCCCCCCC. The molecule has 0 heterocycles. The molecule has 438 valence electrons. The number of phosphoric ester groups is 1. The van der Waals surface area contributed by atoms with Crippen LogP contribution < -0.4 is 0 Å². The second-order valence-electron chi connectivity index (χ2n) is 21.6. The normalized spacial score (nSPS) is 13.3. The summed E-state index contributed by atoms with van der Waals surface area (Å²) < 4.78 is 39.6. The molecule has 0 amide bonds. The number of aliphatic hydroxyl groups excluding tert-OH is 1. The van der Waals surface area contributed by atoms with Crippen LogP contribution in [0.15, 0.2) is 12.2 Å². The van der Waals surface area contributed by atoms with E-state index in [1.54, 1.807) is 0 Å². The van der Waals surface area contributed by atoms with E-state index in [4.69, 9.17) is 23.3 Å². The van der Waals surface area contributed by atoms with E-state index in [0.717, 1.165) is 77.0 Å². The Bertz CT molecular complexity index is 1290. The summed E-state index contributed by atoms with van der Waals surface area (Å²) >= 11 is 0. The number of aliphatic hydroxyl groups is 1. The van der Waals surface area contributed by atoms with Gasteiger partial charge in [-0.25, -0.2) is 4.57 Å². The van der Waals surface area contributed by atoms with Crippen molar-refractivity contribution in [2.45, 2.75) is 341 Å². The van der Waals surface area contributed by atoms with E-state index in [9.17, 15) is 28.9 Å². The molecular weight excluding hydrogens is 952 g/mol.